The molecule has 2 aromatic rings. The van der Waals surface area contributed by atoms with Crippen molar-refractivity contribution in [3.63, 3.8) is 0 Å². The van der Waals surface area contributed by atoms with E-state index < -0.39 is 5.97 Å². The Morgan fingerprint density at radius 1 is 1.31 bits per heavy atom. The van der Waals surface area contributed by atoms with Gasteiger partial charge in [-0.05, 0) is 56.1 Å². The van der Waals surface area contributed by atoms with E-state index in [1.54, 1.807) is 11.7 Å². The van der Waals surface area contributed by atoms with Gasteiger partial charge in [-0.3, -0.25) is 4.90 Å². The molecule has 2 N–H and O–H groups in total. The molecule has 8 nitrogen and oxygen atoms in total. The summed E-state index contributed by atoms with van der Waals surface area (Å²) in [6.07, 6.45) is 7.14. The maximum absolute atomic E-state index is 10.6. The molecule has 29 heavy (non-hydrogen) atoms. The molecular weight excluding hydrogens is 370 g/mol. The molecular formula is C21H29N5O3. The number of nitrogens with zero attached hydrogens (tertiary/aromatic N) is 4. The molecule has 1 fully saturated rings. The van der Waals surface area contributed by atoms with Crippen molar-refractivity contribution in [2.75, 3.05) is 31.6 Å². The number of ether oxygens (including phenoxy) is 1. The Morgan fingerprint density at radius 3 is 2.93 bits per heavy atom. The molecule has 1 saturated heterocycles. The van der Waals surface area contributed by atoms with Gasteiger partial charge in [-0.1, -0.05) is 18.6 Å². The van der Waals surface area contributed by atoms with E-state index in [0.717, 1.165) is 24.8 Å². The van der Waals surface area contributed by atoms with Crippen LogP contribution < -0.4 is 10.1 Å². The van der Waals surface area contributed by atoms with E-state index in [0.29, 0.717) is 24.9 Å². The van der Waals surface area contributed by atoms with Gasteiger partial charge in [0, 0.05) is 26.2 Å². The number of aliphatic carboxylic acids is 1. The van der Waals surface area contributed by atoms with E-state index in [2.05, 4.69) is 38.5 Å². The van der Waals surface area contributed by atoms with Crippen molar-refractivity contribution in [2.24, 2.45) is 7.05 Å². The van der Waals surface area contributed by atoms with Crippen LogP contribution >= 0.6 is 0 Å². The summed E-state index contributed by atoms with van der Waals surface area (Å²) in [4.78, 5) is 17.3. The van der Waals surface area contributed by atoms with Gasteiger partial charge in [0.25, 0.3) is 0 Å². The monoisotopic (exact) mass is 399 g/mol. The van der Waals surface area contributed by atoms with Gasteiger partial charge >= 0.3 is 5.97 Å². The Hall–Kier alpha value is -2.87. The minimum atomic E-state index is -1.02. The van der Waals surface area contributed by atoms with Gasteiger partial charge < -0.3 is 15.2 Å². The molecule has 0 bridgehead atoms. The summed E-state index contributed by atoms with van der Waals surface area (Å²) in [5.41, 5.74) is 1.29. The van der Waals surface area contributed by atoms with Gasteiger partial charge in [0.15, 0.2) is 5.82 Å². The number of carboxylic acid groups (broad SMARTS) is 1. The van der Waals surface area contributed by atoms with E-state index in [4.69, 9.17) is 9.84 Å². The highest BCUT2D eigenvalue weighted by Crippen LogP contribution is 2.17. The van der Waals surface area contributed by atoms with E-state index in [-0.39, 0.29) is 0 Å². The molecule has 1 aromatic carbocycles. The number of rotatable bonds is 10. The van der Waals surface area contributed by atoms with Crippen LogP contribution in [0.4, 0.5) is 5.95 Å². The summed E-state index contributed by atoms with van der Waals surface area (Å²) >= 11 is 0. The van der Waals surface area contributed by atoms with E-state index in [9.17, 15) is 4.79 Å². The standard InChI is InChI=1S/C21H29N5O3/c1-25-21(23-19(24-25)9-10-20(27)28)22-11-6-14-29-18-8-5-7-17(15-18)16-26-12-3-2-4-13-26/h5,7-10,15H,2-4,6,11-14,16H2,1H3,(H,27,28)(H,22,23,24)/b10-9+. The predicted octanol–water partition coefficient (Wildman–Crippen LogP) is 2.78. The number of aryl methyl sites for hydroxylation is 1. The molecule has 2 heterocycles. The molecule has 0 aliphatic carbocycles. The number of carboxylic acids is 1. The first-order valence-electron chi connectivity index (χ1n) is 10.1. The van der Waals surface area contributed by atoms with Crippen LogP contribution in [0.15, 0.2) is 30.3 Å². The number of carbonyl (C=O) groups is 1. The Bertz CT molecular complexity index is 827. The number of nitrogens with one attached hydrogen (secondary N) is 1. The smallest absolute Gasteiger partial charge is 0.328 e. The summed E-state index contributed by atoms with van der Waals surface area (Å²) in [6.45, 7) is 4.65. The average molecular weight is 399 g/mol. The van der Waals surface area contributed by atoms with Gasteiger partial charge in [-0.25, -0.2) is 9.48 Å². The Morgan fingerprint density at radius 2 is 2.14 bits per heavy atom. The maximum Gasteiger partial charge on any atom is 0.328 e. The normalized spacial score (nSPS) is 14.9. The molecule has 1 aliphatic heterocycles. The lowest BCUT2D eigenvalue weighted by Crippen LogP contribution is -2.29. The summed E-state index contributed by atoms with van der Waals surface area (Å²) < 4.78 is 7.49. The highest BCUT2D eigenvalue weighted by Gasteiger charge is 2.10. The number of aromatic nitrogens is 3. The third-order valence-electron chi connectivity index (χ3n) is 4.78. The van der Waals surface area contributed by atoms with Crippen LogP contribution in [0.2, 0.25) is 0 Å². The Balaban J connectivity index is 1.39. The zero-order valence-corrected chi connectivity index (χ0v) is 16.9. The molecule has 0 spiro atoms. The number of anilines is 1. The van der Waals surface area contributed by atoms with Crippen molar-refractivity contribution in [2.45, 2.75) is 32.2 Å². The van der Waals surface area contributed by atoms with Crippen molar-refractivity contribution in [1.29, 1.82) is 0 Å². The summed E-state index contributed by atoms with van der Waals surface area (Å²) in [6, 6.07) is 8.34. The predicted molar refractivity (Wildman–Crippen MR) is 112 cm³/mol. The number of likely N-dealkylation sites (tertiary alicyclic amines) is 1. The molecule has 1 aliphatic rings. The molecule has 3 rings (SSSR count). The summed E-state index contributed by atoms with van der Waals surface area (Å²) in [5, 5.41) is 16.0. The number of hydrogen-bond acceptors (Lipinski definition) is 6. The highest BCUT2D eigenvalue weighted by atomic mass is 16.5. The fourth-order valence-electron chi connectivity index (χ4n) is 3.35. The number of benzene rings is 1. The van der Waals surface area contributed by atoms with Crippen LogP contribution in [0.5, 0.6) is 5.75 Å². The SMILES string of the molecule is Cn1nc(/C=C/C(=O)O)nc1NCCCOc1cccc(CN2CCCCC2)c1. The van der Waals surface area contributed by atoms with Gasteiger partial charge in [0.2, 0.25) is 5.95 Å². The van der Waals surface area contributed by atoms with Gasteiger partial charge in [0.1, 0.15) is 5.75 Å². The Kier molecular flexibility index (Phi) is 7.63. The lowest BCUT2D eigenvalue weighted by Gasteiger charge is -2.26. The molecule has 1 aromatic heterocycles. The number of piperidine rings is 1. The van der Waals surface area contributed by atoms with Crippen molar-refractivity contribution >= 4 is 18.0 Å². The fraction of sp³-hybridized carbons (Fsp3) is 0.476. The molecule has 0 amide bonds. The van der Waals surface area contributed by atoms with Crippen LogP contribution in [0.1, 0.15) is 37.1 Å². The quantitative estimate of drug-likeness (QED) is 0.469. The van der Waals surface area contributed by atoms with E-state index in [1.807, 2.05) is 6.07 Å². The Labute approximate surface area is 171 Å². The third-order valence-corrected chi connectivity index (χ3v) is 4.78. The summed E-state index contributed by atoms with van der Waals surface area (Å²) in [5.74, 6) is 0.834. The third kappa shape index (κ3) is 6.90. The highest BCUT2D eigenvalue weighted by molar-refractivity contribution is 5.84. The first kappa shape index (κ1) is 20.9. The first-order valence-corrected chi connectivity index (χ1v) is 10.1. The van der Waals surface area contributed by atoms with Crippen LogP contribution in [-0.2, 0) is 18.4 Å². The fourth-order valence-corrected chi connectivity index (χ4v) is 3.35. The second kappa shape index (κ2) is 10.6. The van der Waals surface area contributed by atoms with Crippen LogP contribution in [-0.4, -0.2) is 57.0 Å². The van der Waals surface area contributed by atoms with Gasteiger partial charge in [0.05, 0.1) is 6.61 Å². The van der Waals surface area contributed by atoms with E-state index >= 15 is 0 Å². The van der Waals surface area contributed by atoms with Crippen LogP contribution in [0.3, 0.4) is 0 Å². The zero-order valence-electron chi connectivity index (χ0n) is 16.9. The number of hydrogen-bond donors (Lipinski definition) is 2. The minimum Gasteiger partial charge on any atom is -0.494 e. The molecule has 0 saturated carbocycles. The molecule has 0 unspecified atom stereocenters. The van der Waals surface area contributed by atoms with Gasteiger partial charge in [-0.2, -0.15) is 10.1 Å². The summed E-state index contributed by atoms with van der Waals surface area (Å²) in [7, 11) is 1.76. The second-order valence-corrected chi connectivity index (χ2v) is 7.20. The van der Waals surface area contributed by atoms with Crippen molar-refractivity contribution in [3.8, 4) is 5.75 Å². The van der Waals surface area contributed by atoms with Gasteiger partial charge in [-0.15, -0.1) is 0 Å². The molecule has 156 valence electrons. The molecule has 0 radical (unpaired) electrons. The minimum absolute atomic E-state index is 0.360. The lowest BCUT2D eigenvalue weighted by molar-refractivity contribution is -0.131. The average Bonchev–Trinajstić information content (AvgIpc) is 3.07. The van der Waals surface area contributed by atoms with Crippen LogP contribution in [0.25, 0.3) is 6.08 Å². The topological polar surface area (TPSA) is 92.5 Å². The first-order chi connectivity index (χ1) is 14.1. The van der Waals surface area contributed by atoms with E-state index in [1.165, 1.54) is 44.0 Å². The van der Waals surface area contributed by atoms with Crippen molar-refractivity contribution < 1.29 is 14.6 Å². The maximum atomic E-state index is 10.6. The van der Waals surface area contributed by atoms with Crippen molar-refractivity contribution in [3.05, 3.63) is 41.7 Å². The lowest BCUT2D eigenvalue weighted by atomic mass is 10.1. The second-order valence-electron chi connectivity index (χ2n) is 7.20. The van der Waals surface area contributed by atoms with Crippen LogP contribution in [0, 0.1) is 0 Å². The largest absolute Gasteiger partial charge is 0.494 e. The molecule has 8 heteroatoms. The van der Waals surface area contributed by atoms with Crippen molar-refractivity contribution in [1.82, 2.24) is 19.7 Å². The zero-order chi connectivity index (χ0) is 20.5. The molecule has 0 atom stereocenters.